The van der Waals surface area contributed by atoms with Crippen molar-refractivity contribution in [3.63, 3.8) is 0 Å². The van der Waals surface area contributed by atoms with E-state index in [1.165, 1.54) is 4.90 Å². The van der Waals surface area contributed by atoms with Gasteiger partial charge in [-0.1, -0.05) is 44.2 Å². The van der Waals surface area contributed by atoms with Gasteiger partial charge in [0.05, 0.1) is 6.04 Å². The van der Waals surface area contributed by atoms with Crippen molar-refractivity contribution >= 4 is 19.0 Å². The molecule has 2 N–H and O–H groups in total. The summed E-state index contributed by atoms with van der Waals surface area (Å²) in [6, 6.07) is 8.58. The molecular formula is C19H29N2O4P. The maximum absolute atomic E-state index is 13.7. The molecule has 1 heterocycles. The lowest BCUT2D eigenvalue weighted by atomic mass is 10.2. The Labute approximate surface area is 155 Å². The zero-order valence-electron chi connectivity index (χ0n) is 15.8. The van der Waals surface area contributed by atoms with E-state index in [-0.39, 0.29) is 12.5 Å². The molecule has 0 aliphatic carbocycles. The Morgan fingerprint density at radius 1 is 1.27 bits per heavy atom. The van der Waals surface area contributed by atoms with Gasteiger partial charge in [-0.2, -0.15) is 0 Å². The lowest BCUT2D eigenvalue weighted by Crippen LogP contribution is -2.57. The fourth-order valence-electron chi connectivity index (χ4n) is 3.73. The first-order chi connectivity index (χ1) is 12.3. The van der Waals surface area contributed by atoms with Gasteiger partial charge in [-0.3, -0.25) is 4.79 Å². The van der Waals surface area contributed by atoms with E-state index in [1.54, 1.807) is 6.92 Å². The molecule has 2 rings (SSSR count). The first kappa shape index (κ1) is 20.7. The first-order valence-corrected chi connectivity index (χ1v) is 11.3. The Bertz CT molecular complexity index is 684. The van der Waals surface area contributed by atoms with E-state index in [9.17, 15) is 14.2 Å². The van der Waals surface area contributed by atoms with Crippen LogP contribution in [0.4, 0.5) is 0 Å². The Balaban J connectivity index is 2.39. The summed E-state index contributed by atoms with van der Waals surface area (Å²) in [6.45, 7) is 5.68. The van der Waals surface area contributed by atoms with Crippen LogP contribution in [0.5, 0.6) is 0 Å². The molecule has 6 nitrogen and oxygen atoms in total. The molecule has 1 fully saturated rings. The monoisotopic (exact) mass is 380 g/mol. The third kappa shape index (κ3) is 3.58. The van der Waals surface area contributed by atoms with Crippen LogP contribution in [0.1, 0.15) is 39.2 Å². The van der Waals surface area contributed by atoms with E-state index in [0.29, 0.717) is 31.7 Å². The van der Waals surface area contributed by atoms with Gasteiger partial charge in [0, 0.05) is 18.9 Å². The fraction of sp³-hybridized carbons (Fsp3) is 0.579. The minimum Gasteiger partial charge on any atom is -0.459 e. The van der Waals surface area contributed by atoms with E-state index in [1.807, 2.05) is 44.2 Å². The summed E-state index contributed by atoms with van der Waals surface area (Å²) in [4.78, 5) is 27.3. The average molecular weight is 380 g/mol. The number of nitrogens with two attached hydrogens (primary N) is 1. The highest BCUT2D eigenvalue weighted by Crippen LogP contribution is 2.63. The highest BCUT2D eigenvalue weighted by atomic mass is 31.2. The summed E-state index contributed by atoms with van der Waals surface area (Å²) >= 11 is 0. The molecule has 144 valence electrons. The number of hydrogen-bond acceptors (Lipinski definition) is 5. The quantitative estimate of drug-likeness (QED) is 0.580. The van der Waals surface area contributed by atoms with Crippen LogP contribution >= 0.6 is 7.14 Å². The maximum atomic E-state index is 13.7. The summed E-state index contributed by atoms with van der Waals surface area (Å²) in [5.74, 6) is -0.916. The maximum Gasteiger partial charge on any atom is 0.340 e. The minimum absolute atomic E-state index is 0.0923. The third-order valence-electron chi connectivity index (χ3n) is 5.24. The molecule has 26 heavy (non-hydrogen) atoms. The Kier molecular flexibility index (Phi) is 6.64. The van der Waals surface area contributed by atoms with Gasteiger partial charge in [-0.15, -0.1) is 0 Å². The summed E-state index contributed by atoms with van der Waals surface area (Å²) in [5.41, 5.74) is 6.64. The van der Waals surface area contributed by atoms with Crippen molar-refractivity contribution in [1.82, 2.24) is 4.90 Å². The number of benzene rings is 1. The van der Waals surface area contributed by atoms with Crippen LogP contribution in [0, 0.1) is 0 Å². The largest absolute Gasteiger partial charge is 0.459 e. The fourth-order valence-corrected chi connectivity index (χ4v) is 6.82. The molecule has 0 unspecified atom stereocenters. The van der Waals surface area contributed by atoms with Gasteiger partial charge in [0.2, 0.25) is 5.91 Å². The van der Waals surface area contributed by atoms with Crippen molar-refractivity contribution in [1.29, 1.82) is 0 Å². The van der Waals surface area contributed by atoms with E-state index >= 15 is 0 Å². The number of esters is 1. The second kappa shape index (κ2) is 8.36. The van der Waals surface area contributed by atoms with E-state index in [4.69, 9.17) is 10.5 Å². The molecule has 0 saturated carbocycles. The Morgan fingerprint density at radius 3 is 2.42 bits per heavy atom. The topological polar surface area (TPSA) is 89.7 Å². The van der Waals surface area contributed by atoms with Crippen molar-refractivity contribution in [2.24, 2.45) is 5.73 Å². The number of likely N-dealkylation sites (tertiary alicyclic amines) is 1. The van der Waals surface area contributed by atoms with Crippen molar-refractivity contribution in [3.8, 4) is 0 Å². The predicted molar refractivity (Wildman–Crippen MR) is 102 cm³/mol. The summed E-state index contributed by atoms with van der Waals surface area (Å²) in [5, 5.41) is -1.39. The number of carbonyl (C=O) groups is 2. The highest BCUT2D eigenvalue weighted by molar-refractivity contribution is 7.66. The molecule has 0 spiro atoms. The Morgan fingerprint density at radius 2 is 1.88 bits per heavy atom. The van der Waals surface area contributed by atoms with Crippen LogP contribution in [-0.2, 0) is 25.5 Å². The van der Waals surface area contributed by atoms with Crippen LogP contribution in [0.3, 0.4) is 0 Å². The normalized spacial score (nSPS) is 21.5. The van der Waals surface area contributed by atoms with Gasteiger partial charge in [0.1, 0.15) is 13.7 Å². The molecule has 2 atom stereocenters. The molecule has 1 aromatic carbocycles. The van der Waals surface area contributed by atoms with Crippen molar-refractivity contribution < 1.29 is 18.9 Å². The summed E-state index contributed by atoms with van der Waals surface area (Å²) in [6.07, 6.45) is 1.65. The number of ether oxygens (including phenoxy) is 1. The van der Waals surface area contributed by atoms with Crippen LogP contribution in [0.2, 0.25) is 0 Å². The molecule has 0 aromatic heterocycles. The van der Waals surface area contributed by atoms with Gasteiger partial charge in [0.25, 0.3) is 0 Å². The number of amides is 1. The zero-order valence-corrected chi connectivity index (χ0v) is 16.7. The second-order valence-corrected chi connectivity index (χ2v) is 10.6. The molecule has 1 aliphatic heterocycles. The van der Waals surface area contributed by atoms with Gasteiger partial charge >= 0.3 is 5.97 Å². The molecule has 7 heteroatoms. The predicted octanol–water partition coefficient (Wildman–Crippen LogP) is 2.80. The van der Waals surface area contributed by atoms with Gasteiger partial charge in [0.15, 0.2) is 5.28 Å². The molecule has 1 aliphatic rings. The van der Waals surface area contributed by atoms with E-state index in [2.05, 4.69) is 0 Å². The number of nitrogens with zero attached hydrogens (tertiary/aromatic N) is 1. The average Bonchev–Trinajstić information content (AvgIpc) is 3.12. The van der Waals surface area contributed by atoms with E-state index in [0.717, 1.165) is 5.56 Å². The Hall–Kier alpha value is -1.65. The minimum atomic E-state index is -3.01. The molecule has 1 aromatic rings. The lowest BCUT2D eigenvalue weighted by Gasteiger charge is -2.42. The molecule has 0 bridgehead atoms. The SMILES string of the molecule is CCP(=O)(CC)[C@@]1(C(=O)OCc2ccccc2)CCCN1C(=O)[C@H](C)N. The van der Waals surface area contributed by atoms with Crippen molar-refractivity contribution in [3.05, 3.63) is 35.9 Å². The van der Waals surface area contributed by atoms with E-state index < -0.39 is 24.4 Å². The molecule has 0 radical (unpaired) electrons. The van der Waals surface area contributed by atoms with Crippen LogP contribution < -0.4 is 5.73 Å². The number of hydrogen-bond donors (Lipinski definition) is 1. The smallest absolute Gasteiger partial charge is 0.340 e. The zero-order chi connectivity index (χ0) is 19.4. The first-order valence-electron chi connectivity index (χ1n) is 9.18. The van der Waals surface area contributed by atoms with Crippen LogP contribution in [-0.4, -0.2) is 47.0 Å². The van der Waals surface area contributed by atoms with Crippen LogP contribution in [0.25, 0.3) is 0 Å². The number of rotatable bonds is 7. The third-order valence-corrected chi connectivity index (χ3v) is 9.28. The van der Waals surface area contributed by atoms with Gasteiger partial charge in [-0.05, 0) is 25.3 Å². The van der Waals surface area contributed by atoms with Crippen LogP contribution in [0.15, 0.2) is 30.3 Å². The second-order valence-electron chi connectivity index (χ2n) is 6.78. The highest BCUT2D eigenvalue weighted by Gasteiger charge is 2.61. The summed E-state index contributed by atoms with van der Waals surface area (Å²) in [7, 11) is -3.01. The lowest BCUT2D eigenvalue weighted by molar-refractivity contribution is -0.157. The molecule has 1 amide bonds. The van der Waals surface area contributed by atoms with Crippen molar-refractivity contribution in [2.75, 3.05) is 18.9 Å². The molecular weight excluding hydrogens is 351 g/mol. The number of carbonyl (C=O) groups excluding carboxylic acids is 2. The van der Waals surface area contributed by atoms with Gasteiger partial charge in [-0.25, -0.2) is 4.79 Å². The standard InChI is InChI=1S/C19H29N2O4P/c1-4-26(24,5-2)19(12-9-13-21(19)17(22)15(3)20)18(23)25-14-16-10-7-6-8-11-16/h6-8,10-11,15H,4-5,9,12-14,20H2,1-3H3/t15-,19+/m0/s1. The van der Waals surface area contributed by atoms with Crippen molar-refractivity contribution in [2.45, 2.75) is 51.5 Å². The van der Waals surface area contributed by atoms with Gasteiger partial charge < -0.3 is 19.9 Å². The summed E-state index contributed by atoms with van der Waals surface area (Å²) < 4.78 is 19.3. The molecule has 1 saturated heterocycles.